The molecule has 1 aromatic carbocycles. The van der Waals surface area contributed by atoms with Crippen LogP contribution in [0.25, 0.3) is 21.7 Å². The van der Waals surface area contributed by atoms with Crippen molar-refractivity contribution in [2.45, 2.75) is 38.1 Å². The summed E-state index contributed by atoms with van der Waals surface area (Å²) in [6, 6.07) is 2.89. The number of oxazole rings is 1. The molecule has 28 heavy (non-hydrogen) atoms. The molecule has 3 heterocycles. The molecule has 1 unspecified atom stereocenters. The summed E-state index contributed by atoms with van der Waals surface area (Å²) in [4.78, 5) is 14.0. The number of nitrogens with zero attached hydrogens (tertiary/aromatic N) is 5. The highest BCUT2D eigenvalue weighted by Crippen LogP contribution is 2.47. The Balaban J connectivity index is 1.78. The standard InChI is InChI=1S/C21H23N5OS/c1-12-15(10-22)17-19(27-20(24-17)13-4-5-13)18(16(12)21-23-7-9-28-21)26-8-6-14(11-26)25(2)3/h7,9,13-14H,4-6,8,11H2,1-3H3. The molecule has 0 amide bonds. The van der Waals surface area contributed by atoms with Crippen LogP contribution in [-0.2, 0) is 0 Å². The van der Waals surface area contributed by atoms with Crippen LogP contribution in [0.2, 0.25) is 0 Å². The average Bonchev–Trinajstić information content (AvgIpc) is 3.09. The van der Waals surface area contributed by atoms with Gasteiger partial charge in [0.2, 0.25) is 0 Å². The zero-order valence-corrected chi connectivity index (χ0v) is 17.2. The Bertz CT molecular complexity index is 1070. The second kappa shape index (κ2) is 6.57. The van der Waals surface area contributed by atoms with Gasteiger partial charge in [-0.1, -0.05) is 0 Å². The SMILES string of the molecule is Cc1c(-c2nccs2)c(N2CCC(N(C)C)C2)c2oc(C3CC3)nc2c1C#N. The summed E-state index contributed by atoms with van der Waals surface area (Å²) in [6.07, 6.45) is 5.17. The molecule has 1 aliphatic carbocycles. The molecule has 2 aliphatic rings. The van der Waals surface area contributed by atoms with Gasteiger partial charge in [0.1, 0.15) is 16.6 Å². The van der Waals surface area contributed by atoms with Gasteiger partial charge in [-0.3, -0.25) is 0 Å². The van der Waals surface area contributed by atoms with Crippen LogP contribution in [0.3, 0.4) is 0 Å². The molecule has 1 atom stereocenters. The largest absolute Gasteiger partial charge is 0.438 e. The van der Waals surface area contributed by atoms with E-state index in [1.54, 1.807) is 11.3 Å². The number of fused-ring (bicyclic) bond motifs is 1. The van der Waals surface area contributed by atoms with Crippen molar-refractivity contribution in [1.29, 1.82) is 5.26 Å². The van der Waals surface area contributed by atoms with Crippen molar-refractivity contribution >= 4 is 28.1 Å². The summed E-state index contributed by atoms with van der Waals surface area (Å²) in [5.41, 5.74) is 5.12. The molecule has 0 radical (unpaired) electrons. The molecular formula is C21H23N5OS. The van der Waals surface area contributed by atoms with Crippen LogP contribution in [0.5, 0.6) is 0 Å². The summed E-state index contributed by atoms with van der Waals surface area (Å²) in [7, 11) is 4.27. The highest BCUT2D eigenvalue weighted by atomic mass is 32.1. The molecule has 2 aromatic heterocycles. The molecule has 0 spiro atoms. The van der Waals surface area contributed by atoms with Gasteiger partial charge in [0.25, 0.3) is 0 Å². The first-order chi connectivity index (χ1) is 13.6. The van der Waals surface area contributed by atoms with Gasteiger partial charge in [-0.25, -0.2) is 9.97 Å². The van der Waals surface area contributed by atoms with Gasteiger partial charge < -0.3 is 14.2 Å². The second-order valence-corrected chi connectivity index (χ2v) is 8.92. The molecule has 1 saturated carbocycles. The van der Waals surface area contributed by atoms with E-state index in [1.807, 2.05) is 18.5 Å². The molecular weight excluding hydrogens is 370 g/mol. The number of aromatic nitrogens is 2. The van der Waals surface area contributed by atoms with Gasteiger partial charge in [-0.2, -0.15) is 5.26 Å². The summed E-state index contributed by atoms with van der Waals surface area (Å²) < 4.78 is 6.33. The first-order valence-corrected chi connectivity index (χ1v) is 10.6. The van der Waals surface area contributed by atoms with Gasteiger partial charge in [-0.15, -0.1) is 11.3 Å². The summed E-state index contributed by atoms with van der Waals surface area (Å²) in [5, 5.41) is 12.8. The van der Waals surface area contributed by atoms with Crippen molar-refractivity contribution in [3.05, 3.63) is 28.6 Å². The molecule has 144 valence electrons. The molecule has 0 N–H and O–H groups in total. The second-order valence-electron chi connectivity index (χ2n) is 8.03. The number of anilines is 1. The Morgan fingerprint density at radius 3 is 2.75 bits per heavy atom. The number of thiazole rings is 1. The minimum absolute atomic E-state index is 0.406. The lowest BCUT2D eigenvalue weighted by atomic mass is 9.98. The maximum atomic E-state index is 9.90. The topological polar surface area (TPSA) is 69.2 Å². The zero-order valence-electron chi connectivity index (χ0n) is 16.4. The van der Waals surface area contributed by atoms with E-state index in [1.165, 1.54) is 0 Å². The molecule has 1 saturated heterocycles. The average molecular weight is 394 g/mol. The number of likely N-dealkylation sites (N-methyl/N-ethyl adjacent to an activating group) is 1. The van der Waals surface area contributed by atoms with E-state index in [9.17, 15) is 5.26 Å². The fraction of sp³-hybridized carbons (Fsp3) is 0.476. The normalized spacial score (nSPS) is 19.7. The molecule has 3 aromatic rings. The van der Waals surface area contributed by atoms with E-state index in [4.69, 9.17) is 9.40 Å². The highest BCUT2D eigenvalue weighted by molar-refractivity contribution is 7.13. The Labute approximate surface area is 168 Å². The first kappa shape index (κ1) is 17.7. The van der Waals surface area contributed by atoms with E-state index < -0.39 is 0 Å². The van der Waals surface area contributed by atoms with Crippen molar-refractivity contribution in [2.24, 2.45) is 0 Å². The van der Waals surface area contributed by atoms with E-state index in [-0.39, 0.29) is 0 Å². The van der Waals surface area contributed by atoms with Crippen molar-refractivity contribution in [2.75, 3.05) is 32.1 Å². The molecule has 5 rings (SSSR count). The van der Waals surface area contributed by atoms with Crippen LogP contribution in [0.4, 0.5) is 5.69 Å². The fourth-order valence-electron chi connectivity index (χ4n) is 4.18. The Morgan fingerprint density at radius 2 is 2.14 bits per heavy atom. The summed E-state index contributed by atoms with van der Waals surface area (Å²) in [6.45, 7) is 3.91. The quantitative estimate of drug-likeness (QED) is 0.663. The smallest absolute Gasteiger partial charge is 0.198 e. The van der Waals surface area contributed by atoms with Crippen LogP contribution in [-0.4, -0.2) is 48.1 Å². The molecule has 6 nitrogen and oxygen atoms in total. The summed E-state index contributed by atoms with van der Waals surface area (Å²) in [5.74, 6) is 1.19. The maximum Gasteiger partial charge on any atom is 0.198 e. The zero-order chi connectivity index (χ0) is 19.4. The predicted molar refractivity (Wildman–Crippen MR) is 111 cm³/mol. The number of hydrogen-bond acceptors (Lipinski definition) is 7. The molecule has 7 heteroatoms. The highest BCUT2D eigenvalue weighted by Gasteiger charge is 2.35. The van der Waals surface area contributed by atoms with E-state index in [0.717, 1.165) is 65.6 Å². The molecule has 0 bridgehead atoms. The van der Waals surface area contributed by atoms with Crippen LogP contribution in [0.15, 0.2) is 16.0 Å². The number of hydrogen-bond donors (Lipinski definition) is 0. The number of nitriles is 1. The monoisotopic (exact) mass is 393 g/mol. The summed E-state index contributed by atoms with van der Waals surface area (Å²) >= 11 is 1.60. The Morgan fingerprint density at radius 1 is 1.32 bits per heavy atom. The van der Waals surface area contributed by atoms with Crippen molar-refractivity contribution in [3.8, 4) is 16.6 Å². The van der Waals surface area contributed by atoms with E-state index in [2.05, 4.69) is 34.9 Å². The van der Waals surface area contributed by atoms with Gasteiger partial charge in [-0.05, 0) is 45.8 Å². The van der Waals surface area contributed by atoms with Crippen LogP contribution in [0.1, 0.15) is 42.2 Å². The van der Waals surface area contributed by atoms with Crippen LogP contribution in [0, 0.1) is 18.3 Å². The predicted octanol–water partition coefficient (Wildman–Crippen LogP) is 4.15. The minimum Gasteiger partial charge on any atom is -0.438 e. The third kappa shape index (κ3) is 2.71. The Hall–Kier alpha value is -2.43. The van der Waals surface area contributed by atoms with Crippen molar-refractivity contribution in [1.82, 2.24) is 14.9 Å². The van der Waals surface area contributed by atoms with Gasteiger partial charge in [0.05, 0.1) is 11.3 Å². The van der Waals surface area contributed by atoms with Crippen molar-refractivity contribution in [3.63, 3.8) is 0 Å². The minimum atomic E-state index is 0.406. The van der Waals surface area contributed by atoms with Gasteiger partial charge >= 0.3 is 0 Å². The van der Waals surface area contributed by atoms with E-state index >= 15 is 0 Å². The lowest BCUT2D eigenvalue weighted by Crippen LogP contribution is -2.31. The van der Waals surface area contributed by atoms with Crippen LogP contribution >= 0.6 is 11.3 Å². The fourth-order valence-corrected chi connectivity index (χ4v) is 4.92. The van der Waals surface area contributed by atoms with Gasteiger partial charge in [0.15, 0.2) is 11.5 Å². The maximum absolute atomic E-state index is 9.90. The molecule has 1 aliphatic heterocycles. The molecule has 2 fully saturated rings. The third-order valence-electron chi connectivity index (χ3n) is 5.98. The lowest BCUT2D eigenvalue weighted by molar-refractivity contribution is 0.315. The number of benzene rings is 1. The third-order valence-corrected chi connectivity index (χ3v) is 6.77. The lowest BCUT2D eigenvalue weighted by Gasteiger charge is -2.24. The Kier molecular flexibility index (Phi) is 4.14. The van der Waals surface area contributed by atoms with Gasteiger partial charge in [0, 0.05) is 42.2 Å². The first-order valence-electron chi connectivity index (χ1n) is 9.76. The number of rotatable bonds is 4. The van der Waals surface area contributed by atoms with Crippen LogP contribution < -0.4 is 4.90 Å². The van der Waals surface area contributed by atoms with E-state index in [0.29, 0.717) is 23.0 Å². The van der Waals surface area contributed by atoms with Crippen molar-refractivity contribution < 1.29 is 4.42 Å².